The Morgan fingerprint density at radius 2 is 1.77 bits per heavy atom. The Labute approximate surface area is 155 Å². The molecule has 0 bridgehead atoms. The topological polar surface area (TPSA) is 85.1 Å². The zero-order valence-corrected chi connectivity index (χ0v) is 16.5. The first-order chi connectivity index (χ1) is 12.5. The molecule has 0 aromatic carbocycles. The van der Waals surface area contributed by atoms with Crippen molar-refractivity contribution >= 4 is 10.0 Å². The molecular weight excluding hydrogens is 358 g/mol. The predicted octanol–water partition coefficient (Wildman–Crippen LogP) is 1.18. The molecule has 3 rings (SSSR count). The van der Waals surface area contributed by atoms with Gasteiger partial charge in [-0.15, -0.1) is 0 Å². The molecule has 0 spiro atoms. The van der Waals surface area contributed by atoms with Crippen molar-refractivity contribution in [2.24, 2.45) is 0 Å². The third-order valence-corrected chi connectivity index (χ3v) is 7.29. The molecule has 0 N–H and O–H groups in total. The maximum Gasteiger partial charge on any atom is 0.248 e. The molecule has 0 atom stereocenters. The lowest BCUT2D eigenvalue weighted by atomic mass is 10.1. The van der Waals surface area contributed by atoms with Crippen LogP contribution in [0.4, 0.5) is 0 Å². The lowest BCUT2D eigenvalue weighted by Crippen LogP contribution is -2.45. The van der Waals surface area contributed by atoms with Gasteiger partial charge in [-0.05, 0) is 39.7 Å². The SMILES string of the molecule is Cc1noc(C)c1S(=O)(=O)N(CCCN1CCOCC1)C1CCOCC1. The zero-order chi connectivity index (χ0) is 18.6. The fourth-order valence-corrected chi connectivity index (χ4v) is 5.73. The molecule has 148 valence electrons. The van der Waals surface area contributed by atoms with Gasteiger partial charge in [-0.1, -0.05) is 5.16 Å². The number of hydrogen-bond donors (Lipinski definition) is 0. The number of nitrogens with zero attached hydrogens (tertiary/aromatic N) is 3. The minimum atomic E-state index is -3.64. The van der Waals surface area contributed by atoms with E-state index in [2.05, 4.69) is 10.1 Å². The molecule has 3 heterocycles. The second kappa shape index (κ2) is 8.79. The third-order valence-electron chi connectivity index (χ3n) is 5.09. The van der Waals surface area contributed by atoms with Gasteiger partial charge in [0.05, 0.1) is 13.2 Å². The maximum absolute atomic E-state index is 13.4. The van der Waals surface area contributed by atoms with Crippen molar-refractivity contribution in [3.63, 3.8) is 0 Å². The van der Waals surface area contributed by atoms with E-state index in [1.54, 1.807) is 18.2 Å². The van der Waals surface area contributed by atoms with Gasteiger partial charge in [0.2, 0.25) is 10.0 Å². The number of sulfonamides is 1. The lowest BCUT2D eigenvalue weighted by molar-refractivity contribution is 0.0344. The summed E-state index contributed by atoms with van der Waals surface area (Å²) in [6, 6.07) is -0.0351. The first kappa shape index (κ1) is 19.8. The monoisotopic (exact) mass is 387 g/mol. The highest BCUT2D eigenvalue weighted by atomic mass is 32.2. The minimum absolute atomic E-state index is 0.0351. The first-order valence-electron chi connectivity index (χ1n) is 9.32. The molecule has 9 heteroatoms. The summed E-state index contributed by atoms with van der Waals surface area (Å²) >= 11 is 0. The molecule has 8 nitrogen and oxygen atoms in total. The Bertz CT molecular complexity index is 659. The van der Waals surface area contributed by atoms with Gasteiger partial charge in [-0.25, -0.2) is 8.42 Å². The highest BCUT2D eigenvalue weighted by Crippen LogP contribution is 2.28. The van der Waals surface area contributed by atoms with Crippen molar-refractivity contribution in [2.75, 3.05) is 52.6 Å². The van der Waals surface area contributed by atoms with E-state index >= 15 is 0 Å². The van der Waals surface area contributed by atoms with Crippen LogP contribution >= 0.6 is 0 Å². The predicted molar refractivity (Wildman–Crippen MR) is 95.6 cm³/mol. The largest absolute Gasteiger partial charge is 0.381 e. The van der Waals surface area contributed by atoms with Gasteiger partial charge >= 0.3 is 0 Å². The van der Waals surface area contributed by atoms with Crippen LogP contribution in [0.5, 0.6) is 0 Å². The molecule has 26 heavy (non-hydrogen) atoms. The Morgan fingerprint density at radius 3 is 2.38 bits per heavy atom. The van der Waals surface area contributed by atoms with Crippen LogP contribution in [0.15, 0.2) is 9.42 Å². The van der Waals surface area contributed by atoms with Crippen LogP contribution in [0.25, 0.3) is 0 Å². The van der Waals surface area contributed by atoms with E-state index in [9.17, 15) is 8.42 Å². The van der Waals surface area contributed by atoms with Gasteiger partial charge in [0.25, 0.3) is 0 Å². The summed E-state index contributed by atoms with van der Waals surface area (Å²) in [5.74, 6) is 0.354. The Morgan fingerprint density at radius 1 is 1.12 bits per heavy atom. The van der Waals surface area contributed by atoms with Crippen molar-refractivity contribution in [1.82, 2.24) is 14.4 Å². The third kappa shape index (κ3) is 4.45. The summed E-state index contributed by atoms with van der Waals surface area (Å²) in [6.45, 7) is 9.23. The number of ether oxygens (including phenoxy) is 2. The summed E-state index contributed by atoms with van der Waals surface area (Å²) in [7, 11) is -3.64. The molecular formula is C17H29N3O5S. The Kier molecular flexibility index (Phi) is 6.68. The van der Waals surface area contributed by atoms with Gasteiger partial charge < -0.3 is 14.0 Å². The molecule has 0 amide bonds. The summed E-state index contributed by atoms with van der Waals surface area (Å²) in [6.07, 6.45) is 2.24. The summed E-state index contributed by atoms with van der Waals surface area (Å²) in [5, 5.41) is 3.84. The van der Waals surface area contributed by atoms with Crippen molar-refractivity contribution < 1.29 is 22.4 Å². The van der Waals surface area contributed by atoms with Gasteiger partial charge in [0, 0.05) is 38.9 Å². The Hall–Kier alpha value is -1.00. The maximum atomic E-state index is 13.4. The Balaban J connectivity index is 1.74. The van der Waals surface area contributed by atoms with Gasteiger partial charge in [-0.2, -0.15) is 4.31 Å². The molecule has 0 radical (unpaired) electrons. The van der Waals surface area contributed by atoms with E-state index in [1.807, 2.05) is 0 Å². The van der Waals surface area contributed by atoms with Crippen LogP contribution in [-0.2, 0) is 19.5 Å². The summed E-state index contributed by atoms with van der Waals surface area (Å²) < 4.78 is 44.3. The summed E-state index contributed by atoms with van der Waals surface area (Å²) in [4.78, 5) is 2.55. The molecule has 2 fully saturated rings. The number of aryl methyl sites for hydroxylation is 2. The standard InChI is InChI=1S/C17H29N3O5S/c1-14-17(15(2)25-18-14)26(21,22)20(16-4-10-23-11-5-16)7-3-6-19-8-12-24-13-9-19/h16H,3-13H2,1-2H3. The lowest BCUT2D eigenvalue weighted by Gasteiger charge is -2.34. The number of rotatable bonds is 7. The number of aromatic nitrogens is 1. The van der Waals surface area contributed by atoms with Crippen molar-refractivity contribution in [3.05, 3.63) is 11.5 Å². The zero-order valence-electron chi connectivity index (χ0n) is 15.6. The van der Waals surface area contributed by atoms with E-state index in [1.165, 1.54) is 0 Å². The van der Waals surface area contributed by atoms with Crippen LogP contribution in [0, 0.1) is 13.8 Å². The number of hydrogen-bond acceptors (Lipinski definition) is 7. The van der Waals surface area contributed by atoms with Crippen molar-refractivity contribution in [2.45, 2.75) is 44.0 Å². The number of morpholine rings is 1. The van der Waals surface area contributed by atoms with Gasteiger partial charge in [0.1, 0.15) is 10.6 Å². The van der Waals surface area contributed by atoms with E-state index in [0.717, 1.165) is 52.1 Å². The van der Waals surface area contributed by atoms with Crippen LogP contribution in [0.3, 0.4) is 0 Å². The summed E-state index contributed by atoms with van der Waals surface area (Å²) in [5.41, 5.74) is 0.424. The molecule has 2 saturated heterocycles. The highest BCUT2D eigenvalue weighted by molar-refractivity contribution is 7.89. The van der Waals surface area contributed by atoms with Crippen molar-refractivity contribution in [3.8, 4) is 0 Å². The molecule has 1 aromatic heterocycles. The quantitative estimate of drug-likeness (QED) is 0.694. The smallest absolute Gasteiger partial charge is 0.248 e. The molecule has 2 aliphatic heterocycles. The second-order valence-electron chi connectivity index (χ2n) is 6.92. The average Bonchev–Trinajstić information content (AvgIpc) is 2.99. The van der Waals surface area contributed by atoms with Crippen molar-refractivity contribution in [1.29, 1.82) is 0 Å². The van der Waals surface area contributed by atoms with E-state index in [4.69, 9.17) is 14.0 Å². The van der Waals surface area contributed by atoms with Crippen LogP contribution in [0.2, 0.25) is 0 Å². The van der Waals surface area contributed by atoms with Gasteiger partial charge in [0.15, 0.2) is 5.76 Å². The fraction of sp³-hybridized carbons (Fsp3) is 0.824. The normalized spacial score (nSPS) is 20.7. The molecule has 0 aliphatic carbocycles. The molecule has 0 saturated carbocycles. The van der Waals surface area contributed by atoms with Crippen LogP contribution in [0.1, 0.15) is 30.7 Å². The van der Waals surface area contributed by atoms with E-state index in [-0.39, 0.29) is 10.9 Å². The molecule has 2 aliphatic rings. The van der Waals surface area contributed by atoms with Crippen LogP contribution in [-0.4, -0.2) is 81.4 Å². The highest BCUT2D eigenvalue weighted by Gasteiger charge is 2.36. The molecule has 1 aromatic rings. The van der Waals surface area contributed by atoms with Gasteiger partial charge in [-0.3, -0.25) is 4.90 Å². The average molecular weight is 388 g/mol. The second-order valence-corrected chi connectivity index (χ2v) is 8.75. The van der Waals surface area contributed by atoms with Crippen LogP contribution < -0.4 is 0 Å². The first-order valence-corrected chi connectivity index (χ1v) is 10.8. The minimum Gasteiger partial charge on any atom is -0.381 e. The van der Waals surface area contributed by atoms with E-state index < -0.39 is 10.0 Å². The molecule has 0 unspecified atom stereocenters. The fourth-order valence-electron chi connectivity index (χ4n) is 3.71. The van der Waals surface area contributed by atoms with E-state index in [0.29, 0.717) is 31.2 Å².